The maximum atomic E-state index is 12.1. The molecule has 0 bridgehead atoms. The highest BCUT2D eigenvalue weighted by Gasteiger charge is 2.09. The lowest BCUT2D eigenvalue weighted by atomic mass is 10.2. The minimum absolute atomic E-state index is 0.0762. The van der Waals surface area contributed by atoms with E-state index in [0.29, 0.717) is 16.8 Å². The molecule has 0 aromatic heterocycles. The fraction of sp³-hybridized carbons (Fsp3) is 0.118. The Hall–Kier alpha value is -2.25. The molecule has 2 aromatic carbocycles. The summed E-state index contributed by atoms with van der Waals surface area (Å²) in [7, 11) is 3.39. The number of carbonyl (C=O) groups excluding carboxylic acids is 2. The molecule has 2 amide bonds. The first kappa shape index (κ1) is 18.1. The Morgan fingerprint density at radius 1 is 0.958 bits per heavy atom. The number of halogens is 1. The zero-order valence-electron chi connectivity index (χ0n) is 13.2. The summed E-state index contributed by atoms with van der Waals surface area (Å²) in [6.07, 6.45) is 0. The van der Waals surface area contributed by atoms with E-state index < -0.39 is 0 Å². The second kappa shape index (κ2) is 8.03. The molecule has 0 aliphatic carbocycles. The first-order valence-corrected chi connectivity index (χ1v) is 8.26. The van der Waals surface area contributed by atoms with E-state index >= 15 is 0 Å². The van der Waals surface area contributed by atoms with Gasteiger partial charge in [-0.1, -0.05) is 15.9 Å². The standard InChI is InChI=1S/C17H16BrN3O2S/c1-21(2)16(23)12-5-9-14(10-6-12)19-17(24)20-15(22)11-3-7-13(18)8-4-11/h3-10H,1-2H3,(H2,19,20,22,24). The Balaban J connectivity index is 1.96. The molecule has 0 radical (unpaired) electrons. The van der Waals surface area contributed by atoms with Gasteiger partial charge < -0.3 is 10.2 Å². The van der Waals surface area contributed by atoms with Crippen molar-refractivity contribution >= 4 is 50.8 Å². The lowest BCUT2D eigenvalue weighted by Gasteiger charge is -2.12. The molecule has 0 saturated carbocycles. The minimum Gasteiger partial charge on any atom is -0.345 e. The molecular weight excluding hydrogens is 390 g/mol. The first-order chi connectivity index (χ1) is 11.4. The summed E-state index contributed by atoms with van der Waals surface area (Å²) in [6.45, 7) is 0. The van der Waals surface area contributed by atoms with Gasteiger partial charge in [0.15, 0.2) is 5.11 Å². The van der Waals surface area contributed by atoms with Crippen LogP contribution in [0.1, 0.15) is 20.7 Å². The molecule has 0 aliphatic rings. The van der Waals surface area contributed by atoms with E-state index in [1.165, 1.54) is 4.90 Å². The highest BCUT2D eigenvalue weighted by molar-refractivity contribution is 9.10. The summed E-state index contributed by atoms with van der Waals surface area (Å²) < 4.78 is 0.895. The van der Waals surface area contributed by atoms with Gasteiger partial charge in [-0.25, -0.2) is 0 Å². The molecule has 0 heterocycles. The van der Waals surface area contributed by atoms with Crippen LogP contribution in [0.3, 0.4) is 0 Å². The Bertz CT molecular complexity index is 758. The molecule has 0 unspecified atom stereocenters. The number of nitrogens with one attached hydrogen (secondary N) is 2. The van der Waals surface area contributed by atoms with Crippen LogP contribution >= 0.6 is 28.1 Å². The maximum Gasteiger partial charge on any atom is 0.257 e. The van der Waals surface area contributed by atoms with Crippen LogP contribution in [0.25, 0.3) is 0 Å². The second-order valence-corrected chi connectivity index (χ2v) is 6.52. The van der Waals surface area contributed by atoms with Gasteiger partial charge in [0, 0.05) is 35.4 Å². The number of thiocarbonyl (C=S) groups is 1. The van der Waals surface area contributed by atoms with Crippen molar-refractivity contribution in [1.29, 1.82) is 0 Å². The van der Waals surface area contributed by atoms with E-state index in [0.717, 1.165) is 4.47 Å². The smallest absolute Gasteiger partial charge is 0.257 e. The molecule has 0 aliphatic heterocycles. The van der Waals surface area contributed by atoms with Crippen molar-refractivity contribution < 1.29 is 9.59 Å². The van der Waals surface area contributed by atoms with Crippen molar-refractivity contribution in [3.63, 3.8) is 0 Å². The molecule has 0 atom stereocenters. The van der Waals surface area contributed by atoms with Gasteiger partial charge in [0.05, 0.1) is 0 Å². The van der Waals surface area contributed by atoms with Crippen LogP contribution in [0.2, 0.25) is 0 Å². The van der Waals surface area contributed by atoms with E-state index in [4.69, 9.17) is 12.2 Å². The monoisotopic (exact) mass is 405 g/mol. The summed E-state index contributed by atoms with van der Waals surface area (Å²) in [6, 6.07) is 13.8. The van der Waals surface area contributed by atoms with E-state index in [9.17, 15) is 9.59 Å². The van der Waals surface area contributed by atoms with Crippen molar-refractivity contribution in [2.75, 3.05) is 19.4 Å². The van der Waals surface area contributed by atoms with Gasteiger partial charge in [0.25, 0.3) is 11.8 Å². The molecule has 2 N–H and O–H groups in total. The SMILES string of the molecule is CN(C)C(=O)c1ccc(NC(=S)NC(=O)c2ccc(Br)cc2)cc1. The van der Waals surface area contributed by atoms with Gasteiger partial charge in [-0.15, -0.1) is 0 Å². The summed E-state index contributed by atoms with van der Waals surface area (Å²) in [5.41, 5.74) is 1.77. The molecule has 2 rings (SSSR count). The quantitative estimate of drug-likeness (QED) is 0.769. The van der Waals surface area contributed by atoms with Crippen LogP contribution in [0.15, 0.2) is 53.0 Å². The highest BCUT2D eigenvalue weighted by Crippen LogP contribution is 2.12. The Morgan fingerprint density at radius 3 is 2.04 bits per heavy atom. The molecule has 2 aromatic rings. The number of hydrogen-bond donors (Lipinski definition) is 2. The Morgan fingerprint density at radius 2 is 1.50 bits per heavy atom. The van der Waals surface area contributed by atoms with Crippen LogP contribution < -0.4 is 10.6 Å². The number of nitrogens with zero attached hydrogens (tertiary/aromatic N) is 1. The summed E-state index contributed by atoms with van der Waals surface area (Å²) in [4.78, 5) is 25.4. The van der Waals surface area contributed by atoms with E-state index in [1.807, 2.05) is 0 Å². The fourth-order valence-corrected chi connectivity index (χ4v) is 2.37. The molecule has 7 heteroatoms. The van der Waals surface area contributed by atoms with E-state index in [2.05, 4.69) is 26.6 Å². The van der Waals surface area contributed by atoms with E-state index in [1.54, 1.807) is 62.6 Å². The van der Waals surface area contributed by atoms with E-state index in [-0.39, 0.29) is 16.9 Å². The van der Waals surface area contributed by atoms with Gasteiger partial charge in [-0.2, -0.15) is 0 Å². The van der Waals surface area contributed by atoms with Crippen LogP contribution in [-0.2, 0) is 0 Å². The minimum atomic E-state index is -0.292. The normalized spacial score (nSPS) is 9.96. The van der Waals surface area contributed by atoms with Crippen molar-refractivity contribution in [3.05, 3.63) is 64.1 Å². The molecule has 0 fully saturated rings. The first-order valence-electron chi connectivity index (χ1n) is 7.06. The van der Waals surface area contributed by atoms with Crippen molar-refractivity contribution in [2.24, 2.45) is 0 Å². The van der Waals surface area contributed by atoms with Gasteiger partial charge >= 0.3 is 0 Å². The number of anilines is 1. The predicted molar refractivity (Wildman–Crippen MR) is 102 cm³/mol. The lowest BCUT2D eigenvalue weighted by Crippen LogP contribution is -2.34. The fourth-order valence-electron chi connectivity index (χ4n) is 1.89. The van der Waals surface area contributed by atoms with Crippen molar-refractivity contribution in [3.8, 4) is 0 Å². The number of carbonyl (C=O) groups is 2. The molecule has 24 heavy (non-hydrogen) atoms. The number of rotatable bonds is 3. The summed E-state index contributed by atoms with van der Waals surface area (Å²) >= 11 is 8.45. The summed E-state index contributed by atoms with van der Waals surface area (Å²) in [5, 5.41) is 5.71. The molecule has 124 valence electrons. The molecular formula is C17H16BrN3O2S. The predicted octanol–water partition coefficient (Wildman–Crippen LogP) is 3.28. The number of benzene rings is 2. The zero-order valence-corrected chi connectivity index (χ0v) is 15.6. The highest BCUT2D eigenvalue weighted by atomic mass is 79.9. The average molecular weight is 406 g/mol. The molecule has 0 spiro atoms. The third kappa shape index (κ3) is 4.87. The lowest BCUT2D eigenvalue weighted by molar-refractivity contribution is 0.0827. The molecule has 0 saturated heterocycles. The van der Waals surface area contributed by atoms with Crippen molar-refractivity contribution in [1.82, 2.24) is 10.2 Å². The Kier molecular flexibility index (Phi) is 6.05. The van der Waals surface area contributed by atoms with Crippen LogP contribution in [0.5, 0.6) is 0 Å². The molecule has 5 nitrogen and oxygen atoms in total. The third-order valence-electron chi connectivity index (χ3n) is 3.13. The van der Waals surface area contributed by atoms with Gasteiger partial charge in [0.1, 0.15) is 0 Å². The van der Waals surface area contributed by atoms with Crippen molar-refractivity contribution in [2.45, 2.75) is 0 Å². The number of hydrogen-bond acceptors (Lipinski definition) is 3. The zero-order chi connectivity index (χ0) is 17.7. The van der Waals surface area contributed by atoms with Crippen LogP contribution in [0.4, 0.5) is 5.69 Å². The third-order valence-corrected chi connectivity index (χ3v) is 3.86. The number of amides is 2. The van der Waals surface area contributed by atoms with Crippen LogP contribution in [-0.4, -0.2) is 35.9 Å². The largest absolute Gasteiger partial charge is 0.345 e. The van der Waals surface area contributed by atoms with Gasteiger partial charge in [-0.3, -0.25) is 14.9 Å². The maximum absolute atomic E-state index is 12.1. The topological polar surface area (TPSA) is 61.4 Å². The van der Waals surface area contributed by atoms with Crippen LogP contribution in [0, 0.1) is 0 Å². The Labute approximate surface area is 154 Å². The van der Waals surface area contributed by atoms with Gasteiger partial charge in [0.2, 0.25) is 0 Å². The van der Waals surface area contributed by atoms with Gasteiger partial charge in [-0.05, 0) is 60.7 Å². The summed E-state index contributed by atoms with van der Waals surface area (Å²) in [5.74, 6) is -0.368. The average Bonchev–Trinajstić information content (AvgIpc) is 2.55. The second-order valence-electron chi connectivity index (χ2n) is 5.19.